The van der Waals surface area contributed by atoms with Gasteiger partial charge in [-0.2, -0.15) is 12.6 Å². The van der Waals surface area contributed by atoms with Gasteiger partial charge in [-0.25, -0.2) is 0 Å². The van der Waals surface area contributed by atoms with E-state index in [-0.39, 0.29) is 17.1 Å². The highest BCUT2D eigenvalue weighted by molar-refractivity contribution is 8.00. The number of carboxylic acid groups (broad SMARTS) is 1. The molecule has 1 heterocycles. The van der Waals surface area contributed by atoms with E-state index in [2.05, 4.69) is 17.9 Å². The molecule has 0 aliphatic carbocycles. The Bertz CT molecular complexity index is 328. The van der Waals surface area contributed by atoms with Crippen LogP contribution in [-0.2, 0) is 9.59 Å². The number of thiol groups is 1. The first-order valence-electron chi connectivity index (χ1n) is 6.50. The summed E-state index contributed by atoms with van der Waals surface area (Å²) < 4.78 is 0. The number of nitrogens with two attached hydrogens (primary N) is 1. The van der Waals surface area contributed by atoms with Gasteiger partial charge in [0.25, 0.3) is 0 Å². The minimum Gasteiger partial charge on any atom is -0.480 e. The Kier molecular flexibility index (Phi) is 7.20. The van der Waals surface area contributed by atoms with Crippen molar-refractivity contribution in [2.75, 3.05) is 11.5 Å². The first-order chi connectivity index (χ1) is 8.99. The molecular weight excluding hydrogens is 284 g/mol. The zero-order valence-corrected chi connectivity index (χ0v) is 12.8. The molecular formula is C12H22N2O3S2. The van der Waals surface area contributed by atoms with Gasteiger partial charge in [0, 0.05) is 17.4 Å². The summed E-state index contributed by atoms with van der Waals surface area (Å²) in [6.45, 7) is 2.03. The van der Waals surface area contributed by atoms with Crippen LogP contribution < -0.4 is 11.1 Å². The van der Waals surface area contributed by atoms with Crippen molar-refractivity contribution in [1.82, 2.24) is 5.32 Å². The van der Waals surface area contributed by atoms with Crippen LogP contribution in [0, 0.1) is 5.92 Å². The van der Waals surface area contributed by atoms with Crippen molar-refractivity contribution in [3.63, 3.8) is 0 Å². The molecule has 1 aliphatic rings. The van der Waals surface area contributed by atoms with E-state index in [1.165, 1.54) is 0 Å². The number of rotatable bonds is 8. The van der Waals surface area contributed by atoms with Crippen LogP contribution in [0.4, 0.5) is 0 Å². The van der Waals surface area contributed by atoms with Crippen molar-refractivity contribution >= 4 is 36.1 Å². The Morgan fingerprint density at radius 1 is 1.58 bits per heavy atom. The van der Waals surface area contributed by atoms with Crippen LogP contribution >= 0.6 is 24.4 Å². The number of thioether (sulfide) groups is 1. The highest BCUT2D eigenvalue weighted by atomic mass is 32.2. The van der Waals surface area contributed by atoms with Gasteiger partial charge >= 0.3 is 5.97 Å². The number of ketones is 1. The molecule has 0 radical (unpaired) electrons. The van der Waals surface area contributed by atoms with Crippen LogP contribution in [-0.4, -0.2) is 45.8 Å². The van der Waals surface area contributed by atoms with Gasteiger partial charge in [0.2, 0.25) is 0 Å². The fraction of sp³-hybridized carbons (Fsp3) is 0.833. The van der Waals surface area contributed by atoms with E-state index in [0.717, 1.165) is 12.8 Å². The Balaban J connectivity index is 2.55. The number of carboxylic acids is 1. The molecule has 110 valence electrons. The largest absolute Gasteiger partial charge is 0.480 e. The topological polar surface area (TPSA) is 92.4 Å². The SMILES string of the molecule is CCCC(CC1NC(C(=O)O)CS1)C(=O)[C@@H](N)CS. The Morgan fingerprint density at radius 2 is 2.26 bits per heavy atom. The fourth-order valence-electron chi connectivity index (χ4n) is 2.19. The zero-order valence-electron chi connectivity index (χ0n) is 11.0. The van der Waals surface area contributed by atoms with E-state index in [0.29, 0.717) is 17.9 Å². The van der Waals surface area contributed by atoms with Gasteiger partial charge in [-0.1, -0.05) is 13.3 Å². The summed E-state index contributed by atoms with van der Waals surface area (Å²) >= 11 is 5.63. The van der Waals surface area contributed by atoms with Crippen LogP contribution in [0.15, 0.2) is 0 Å². The first-order valence-corrected chi connectivity index (χ1v) is 8.18. The molecule has 0 aromatic heterocycles. The van der Waals surface area contributed by atoms with Crippen LogP contribution in [0.2, 0.25) is 0 Å². The lowest BCUT2D eigenvalue weighted by Gasteiger charge is -2.21. The molecule has 19 heavy (non-hydrogen) atoms. The maximum absolute atomic E-state index is 12.1. The quantitative estimate of drug-likeness (QED) is 0.494. The first kappa shape index (κ1) is 16.8. The van der Waals surface area contributed by atoms with Crippen LogP contribution in [0.5, 0.6) is 0 Å². The zero-order chi connectivity index (χ0) is 14.4. The summed E-state index contributed by atoms with van der Waals surface area (Å²) in [5.74, 6) is -0.00334. The molecule has 0 aromatic carbocycles. The van der Waals surface area contributed by atoms with E-state index >= 15 is 0 Å². The smallest absolute Gasteiger partial charge is 0.321 e. The third-order valence-electron chi connectivity index (χ3n) is 3.25. The molecule has 1 aliphatic heterocycles. The maximum Gasteiger partial charge on any atom is 0.321 e. The summed E-state index contributed by atoms with van der Waals surface area (Å²) in [6, 6.07) is -1.03. The summed E-state index contributed by atoms with van der Waals surface area (Å²) in [4.78, 5) is 23.0. The van der Waals surface area contributed by atoms with Gasteiger partial charge in [-0.05, 0) is 12.8 Å². The second-order valence-electron chi connectivity index (χ2n) is 4.79. The Labute approximate surface area is 123 Å². The van der Waals surface area contributed by atoms with Crippen LogP contribution in [0.1, 0.15) is 26.2 Å². The molecule has 1 rings (SSSR count). The van der Waals surface area contributed by atoms with Crippen molar-refractivity contribution in [3.05, 3.63) is 0 Å². The molecule has 4 N–H and O–H groups in total. The van der Waals surface area contributed by atoms with Gasteiger partial charge in [0.15, 0.2) is 5.78 Å². The lowest BCUT2D eigenvalue weighted by Crippen LogP contribution is -2.41. The highest BCUT2D eigenvalue weighted by Gasteiger charge is 2.33. The van der Waals surface area contributed by atoms with Crippen molar-refractivity contribution in [2.24, 2.45) is 11.7 Å². The number of carbonyl (C=O) groups excluding carboxylic acids is 1. The molecule has 0 bridgehead atoms. The molecule has 0 aromatic rings. The molecule has 0 saturated carbocycles. The summed E-state index contributed by atoms with van der Waals surface area (Å²) in [7, 11) is 0. The lowest BCUT2D eigenvalue weighted by molar-refractivity contribution is -0.138. The highest BCUT2D eigenvalue weighted by Crippen LogP contribution is 2.27. The van der Waals surface area contributed by atoms with E-state index in [1.54, 1.807) is 11.8 Å². The minimum absolute atomic E-state index is 0.0220. The number of carbonyl (C=O) groups is 2. The Morgan fingerprint density at radius 3 is 2.74 bits per heavy atom. The molecule has 0 spiro atoms. The predicted molar refractivity (Wildman–Crippen MR) is 80.7 cm³/mol. The van der Waals surface area contributed by atoms with E-state index < -0.39 is 18.1 Å². The molecule has 4 atom stereocenters. The van der Waals surface area contributed by atoms with Crippen molar-refractivity contribution in [2.45, 2.75) is 43.6 Å². The standard InChI is InChI=1S/C12H22N2O3S2/c1-2-3-7(11(15)8(13)5-18)4-10-14-9(6-19-10)12(16)17/h7-10,14,18H,2-6,13H2,1H3,(H,16,17)/t7?,8-,9?,10?/m0/s1. The molecule has 7 heteroatoms. The molecule has 1 saturated heterocycles. The summed E-state index contributed by atoms with van der Waals surface area (Å²) in [5.41, 5.74) is 5.75. The number of hydrogen-bond donors (Lipinski definition) is 4. The average molecular weight is 306 g/mol. The lowest BCUT2D eigenvalue weighted by atomic mass is 9.91. The fourth-order valence-corrected chi connectivity index (χ4v) is 3.66. The van der Waals surface area contributed by atoms with Gasteiger partial charge < -0.3 is 10.8 Å². The maximum atomic E-state index is 12.1. The van der Waals surface area contributed by atoms with E-state index in [1.807, 2.05) is 6.92 Å². The van der Waals surface area contributed by atoms with Crippen molar-refractivity contribution in [3.8, 4) is 0 Å². The van der Waals surface area contributed by atoms with Crippen molar-refractivity contribution < 1.29 is 14.7 Å². The van der Waals surface area contributed by atoms with E-state index in [9.17, 15) is 9.59 Å². The number of Topliss-reactive ketones (excluding diaryl/α,β-unsaturated/α-hetero) is 1. The second-order valence-corrected chi connectivity index (χ2v) is 6.39. The summed E-state index contributed by atoms with van der Waals surface area (Å²) in [6.07, 6.45) is 2.34. The minimum atomic E-state index is -0.833. The predicted octanol–water partition coefficient (Wildman–Crippen LogP) is 0.735. The monoisotopic (exact) mass is 306 g/mol. The van der Waals surface area contributed by atoms with Crippen LogP contribution in [0.3, 0.4) is 0 Å². The Hall–Kier alpha value is -0.240. The molecule has 5 nitrogen and oxygen atoms in total. The van der Waals surface area contributed by atoms with Gasteiger partial charge in [0.1, 0.15) is 6.04 Å². The third-order valence-corrected chi connectivity index (χ3v) is 4.90. The molecule has 3 unspecified atom stereocenters. The number of nitrogens with one attached hydrogen (secondary N) is 1. The van der Waals surface area contributed by atoms with Gasteiger partial charge in [-0.15, -0.1) is 11.8 Å². The van der Waals surface area contributed by atoms with E-state index in [4.69, 9.17) is 10.8 Å². The van der Waals surface area contributed by atoms with Crippen LogP contribution in [0.25, 0.3) is 0 Å². The van der Waals surface area contributed by atoms with Gasteiger partial charge in [-0.3, -0.25) is 14.9 Å². The molecule has 1 fully saturated rings. The van der Waals surface area contributed by atoms with Gasteiger partial charge in [0.05, 0.1) is 11.4 Å². The second kappa shape index (κ2) is 8.14. The molecule has 0 amide bonds. The third kappa shape index (κ3) is 4.98. The average Bonchev–Trinajstić information content (AvgIpc) is 2.85. The van der Waals surface area contributed by atoms with Crippen molar-refractivity contribution in [1.29, 1.82) is 0 Å². The number of hydrogen-bond acceptors (Lipinski definition) is 6. The number of aliphatic carboxylic acids is 1. The normalized spacial score (nSPS) is 26.1. The summed E-state index contributed by atoms with van der Waals surface area (Å²) in [5, 5.41) is 12.0.